The molecule has 0 unspecified atom stereocenters. The number of benzene rings is 7. The van der Waals surface area contributed by atoms with Gasteiger partial charge < -0.3 is 4.57 Å². The van der Waals surface area contributed by atoms with Crippen LogP contribution in [0.3, 0.4) is 0 Å². The lowest BCUT2D eigenvalue weighted by atomic mass is 10.0. The van der Waals surface area contributed by atoms with Gasteiger partial charge >= 0.3 is 0 Å². The number of thiophene rings is 1. The predicted octanol–water partition coefficient (Wildman–Crippen LogP) is 12.0. The average Bonchev–Trinajstić information content (AvgIpc) is 3.83. The van der Waals surface area contributed by atoms with Crippen molar-refractivity contribution in [3.63, 3.8) is 0 Å². The molecule has 10 aromatic rings. The Kier molecular flexibility index (Phi) is 5.00. The molecule has 0 aliphatic heterocycles. The normalized spacial score (nSPS) is 13.8. The van der Waals surface area contributed by atoms with Gasteiger partial charge in [-0.05, 0) is 53.5 Å². The number of aromatic nitrogens is 4. The Bertz CT molecular complexity index is 3250. The Hall–Kier alpha value is -6.43. The van der Waals surface area contributed by atoms with Crippen molar-refractivity contribution in [2.75, 3.05) is 0 Å². The van der Waals surface area contributed by atoms with Crippen molar-refractivity contribution >= 4 is 53.3 Å². The maximum Gasteiger partial charge on any atom is 0.164 e. The summed E-state index contributed by atoms with van der Waals surface area (Å²) in [5.41, 5.74) is 4.14. The molecule has 0 N–H and O–H groups in total. The molecule has 3 heterocycles. The average molecular weight is 665 g/mol. The highest BCUT2D eigenvalue weighted by atomic mass is 32.1. The van der Waals surface area contributed by atoms with Crippen molar-refractivity contribution in [2.24, 2.45) is 0 Å². The zero-order valence-electron chi connectivity index (χ0n) is 34.2. The summed E-state index contributed by atoms with van der Waals surface area (Å²) in [4.78, 5) is 15.1. The Morgan fingerprint density at radius 1 is 0.420 bits per heavy atom. The second-order valence-corrected chi connectivity index (χ2v) is 13.0. The molecule has 50 heavy (non-hydrogen) atoms. The molecule has 0 amide bonds. The van der Waals surface area contributed by atoms with Crippen molar-refractivity contribution in [3.8, 4) is 51.0 Å². The second-order valence-electron chi connectivity index (χ2n) is 11.9. The van der Waals surface area contributed by atoms with E-state index in [2.05, 4.69) is 24.3 Å². The SMILES string of the molecule is [2H]c1c([2H])c([2H])c2c(c1[2H])c1c([2H])c([2H])c([2H])c([2H])c1n2-c1cc(-c2ccccc2)cc(-c2nc(-c3ccccc3)nc(-c3ccc4c(c3)sc3ccccc34)n2)c1. The van der Waals surface area contributed by atoms with Crippen LogP contribution in [-0.4, -0.2) is 19.5 Å². The molecule has 0 bridgehead atoms. The van der Waals surface area contributed by atoms with Crippen molar-refractivity contribution in [1.29, 1.82) is 0 Å². The van der Waals surface area contributed by atoms with Crippen LogP contribution in [0.5, 0.6) is 0 Å². The van der Waals surface area contributed by atoms with Gasteiger partial charge in [-0.25, -0.2) is 15.0 Å². The van der Waals surface area contributed by atoms with E-state index in [0.717, 1.165) is 32.3 Å². The van der Waals surface area contributed by atoms with Crippen molar-refractivity contribution in [2.45, 2.75) is 0 Å². The second kappa shape index (κ2) is 11.6. The number of para-hydroxylation sites is 2. The van der Waals surface area contributed by atoms with Gasteiger partial charge in [0.2, 0.25) is 0 Å². The minimum atomic E-state index is -0.498. The van der Waals surface area contributed by atoms with Crippen LogP contribution in [0.2, 0.25) is 0 Å². The Morgan fingerprint density at radius 3 is 1.70 bits per heavy atom. The standard InChI is InChI=1S/C45H28N4S/c1-3-13-29(14-4-1)32-25-33(27-34(26-32)49-39-20-10-7-17-35(39)36-18-8-11-21-40(36)49)45-47-43(30-15-5-2-6-16-30)46-44(48-45)31-23-24-38-37-19-9-12-22-41(37)50-42(38)28-31/h1-28H/i7D,8D,10D,11D,17D,18D,20D,21D. The first-order valence-corrected chi connectivity index (χ1v) is 16.9. The fourth-order valence-corrected chi connectivity index (χ4v) is 7.71. The van der Waals surface area contributed by atoms with Crippen LogP contribution in [0, 0.1) is 0 Å². The molecule has 3 aromatic heterocycles. The monoisotopic (exact) mass is 664 g/mol. The third-order valence-electron chi connectivity index (χ3n) is 8.88. The third-order valence-corrected chi connectivity index (χ3v) is 10.0. The highest BCUT2D eigenvalue weighted by molar-refractivity contribution is 7.25. The summed E-state index contributed by atoms with van der Waals surface area (Å²) in [5.74, 6) is 1.24. The number of hydrogen-bond acceptors (Lipinski definition) is 4. The van der Waals surface area contributed by atoms with E-state index in [9.17, 15) is 0 Å². The highest BCUT2D eigenvalue weighted by Gasteiger charge is 2.18. The van der Waals surface area contributed by atoms with Crippen LogP contribution in [0.25, 0.3) is 93.0 Å². The van der Waals surface area contributed by atoms with E-state index in [1.807, 2.05) is 91.0 Å². The summed E-state index contributed by atoms with van der Waals surface area (Å²) in [6.45, 7) is 0. The lowest BCUT2D eigenvalue weighted by Crippen LogP contribution is -2.01. The van der Waals surface area contributed by atoms with Gasteiger partial charge in [0.05, 0.1) is 22.0 Å². The largest absolute Gasteiger partial charge is 0.309 e. The van der Waals surface area contributed by atoms with Gasteiger partial charge in [0.25, 0.3) is 0 Å². The first kappa shape index (κ1) is 21.5. The summed E-state index contributed by atoms with van der Waals surface area (Å²) >= 11 is 1.70. The molecule has 234 valence electrons. The van der Waals surface area contributed by atoms with Crippen molar-refractivity contribution < 1.29 is 11.0 Å². The minimum Gasteiger partial charge on any atom is -0.309 e. The molecule has 4 nitrogen and oxygen atoms in total. The van der Waals surface area contributed by atoms with E-state index in [-0.39, 0.29) is 33.9 Å². The summed E-state index contributed by atoms with van der Waals surface area (Å²) in [6, 6.07) is 35.8. The summed E-state index contributed by atoms with van der Waals surface area (Å²) in [7, 11) is 0. The molecule has 0 atom stereocenters. The summed E-state index contributed by atoms with van der Waals surface area (Å²) in [6.07, 6.45) is 0. The fourth-order valence-electron chi connectivity index (χ4n) is 6.56. The molecule has 0 aliphatic rings. The molecule has 10 rings (SSSR count). The molecule has 0 spiro atoms. The number of nitrogens with zero attached hydrogens (tertiary/aromatic N) is 4. The zero-order chi connectivity index (χ0) is 40.0. The first-order chi connectivity index (χ1) is 28.1. The quantitative estimate of drug-likeness (QED) is 0.184. The van der Waals surface area contributed by atoms with E-state index in [4.69, 9.17) is 25.9 Å². The van der Waals surface area contributed by atoms with Crippen LogP contribution in [0.15, 0.2) is 170 Å². The van der Waals surface area contributed by atoms with Gasteiger partial charge in [0.15, 0.2) is 17.5 Å². The maximum absolute atomic E-state index is 9.11. The lowest BCUT2D eigenvalue weighted by molar-refractivity contribution is 1.07. The number of rotatable bonds is 5. The lowest BCUT2D eigenvalue weighted by Gasteiger charge is -2.14. The smallest absolute Gasteiger partial charge is 0.164 e. The highest BCUT2D eigenvalue weighted by Crippen LogP contribution is 2.38. The van der Waals surface area contributed by atoms with Gasteiger partial charge in [-0.1, -0.05) is 127 Å². The molecule has 0 aliphatic carbocycles. The topological polar surface area (TPSA) is 43.6 Å². The van der Waals surface area contributed by atoms with E-state index < -0.39 is 36.3 Å². The van der Waals surface area contributed by atoms with Crippen molar-refractivity contribution in [1.82, 2.24) is 19.5 Å². The van der Waals surface area contributed by atoms with Gasteiger partial charge in [-0.3, -0.25) is 0 Å². The third kappa shape index (κ3) is 4.79. The molecular weight excluding hydrogens is 629 g/mol. The van der Waals surface area contributed by atoms with E-state index in [1.165, 1.54) is 14.7 Å². The van der Waals surface area contributed by atoms with E-state index in [0.29, 0.717) is 28.7 Å². The van der Waals surface area contributed by atoms with Gasteiger partial charge in [-0.2, -0.15) is 0 Å². The van der Waals surface area contributed by atoms with Gasteiger partial charge in [0, 0.05) is 53.3 Å². The molecule has 0 radical (unpaired) electrons. The maximum atomic E-state index is 9.11. The number of hydrogen-bond donors (Lipinski definition) is 0. The Balaban J connectivity index is 1.29. The van der Waals surface area contributed by atoms with Crippen LogP contribution in [0.1, 0.15) is 11.0 Å². The van der Waals surface area contributed by atoms with Crippen molar-refractivity contribution in [3.05, 3.63) is 170 Å². The summed E-state index contributed by atoms with van der Waals surface area (Å²) in [5, 5.41) is 2.33. The van der Waals surface area contributed by atoms with Crippen LogP contribution in [0.4, 0.5) is 0 Å². The fraction of sp³-hybridized carbons (Fsp3) is 0. The molecular formula is C45H28N4S. The molecule has 7 aromatic carbocycles. The van der Waals surface area contributed by atoms with Gasteiger partial charge in [-0.15, -0.1) is 11.3 Å². The Morgan fingerprint density at radius 2 is 0.980 bits per heavy atom. The Labute approximate surface area is 303 Å². The molecule has 5 heteroatoms. The van der Waals surface area contributed by atoms with E-state index in [1.54, 1.807) is 17.4 Å². The zero-order valence-corrected chi connectivity index (χ0v) is 27.1. The first-order valence-electron chi connectivity index (χ1n) is 20.0. The van der Waals surface area contributed by atoms with Crippen LogP contribution >= 0.6 is 11.3 Å². The van der Waals surface area contributed by atoms with E-state index >= 15 is 0 Å². The molecule has 0 fully saturated rings. The van der Waals surface area contributed by atoms with Crippen LogP contribution < -0.4 is 0 Å². The summed E-state index contributed by atoms with van der Waals surface area (Å²) < 4.78 is 74.2. The predicted molar refractivity (Wildman–Crippen MR) is 209 cm³/mol. The molecule has 0 saturated heterocycles. The van der Waals surface area contributed by atoms with Gasteiger partial charge in [0.1, 0.15) is 0 Å². The number of fused-ring (bicyclic) bond motifs is 6. The molecule has 0 saturated carbocycles. The minimum absolute atomic E-state index is 0.00473. The van der Waals surface area contributed by atoms with Crippen LogP contribution in [-0.2, 0) is 0 Å².